The van der Waals surface area contributed by atoms with Crippen LogP contribution in [0.25, 0.3) is 17.2 Å². The first-order valence-corrected chi connectivity index (χ1v) is 13.3. The molecule has 0 radical (unpaired) electrons. The van der Waals surface area contributed by atoms with Crippen molar-refractivity contribution < 1.29 is 14.3 Å². The third-order valence-electron chi connectivity index (χ3n) is 7.56. The minimum atomic E-state index is -0.429. The molecular weight excluding hydrogens is 472 g/mol. The van der Waals surface area contributed by atoms with Crippen LogP contribution in [0.2, 0.25) is 0 Å². The standard InChI is InChI=1S/C33H38N2O3/c1-24-21-28(16-17-30(24)35(2)3)27-14-11-26(12-15-27)23-33(19-6-5-7-20-33)32(37)34-29-10-8-9-25(22-29)13-18-31(36)38-4/h8-18,21-22H,5-7,19-20,23H2,1-4H3,(H,34,37)/b18-13+. The molecule has 1 N–H and O–H groups in total. The van der Waals surface area contributed by atoms with E-state index in [0.29, 0.717) is 0 Å². The molecule has 4 rings (SSSR count). The van der Waals surface area contributed by atoms with Crippen LogP contribution in [0.3, 0.4) is 0 Å². The number of ether oxygens (including phenoxy) is 1. The Morgan fingerprint density at radius 1 is 0.947 bits per heavy atom. The van der Waals surface area contributed by atoms with Gasteiger partial charge in [-0.05, 0) is 84.3 Å². The van der Waals surface area contributed by atoms with Gasteiger partial charge < -0.3 is 15.0 Å². The van der Waals surface area contributed by atoms with E-state index in [0.717, 1.165) is 43.4 Å². The van der Waals surface area contributed by atoms with Crippen LogP contribution in [0.5, 0.6) is 0 Å². The number of aryl methyl sites for hydroxylation is 1. The van der Waals surface area contributed by atoms with Crippen LogP contribution < -0.4 is 10.2 Å². The third-order valence-corrected chi connectivity index (χ3v) is 7.56. The Labute approximate surface area is 226 Å². The number of hydrogen-bond donors (Lipinski definition) is 1. The van der Waals surface area contributed by atoms with E-state index in [1.807, 2.05) is 24.3 Å². The zero-order chi connectivity index (χ0) is 27.1. The smallest absolute Gasteiger partial charge is 0.330 e. The SMILES string of the molecule is COC(=O)/C=C/c1cccc(NC(=O)C2(Cc3ccc(-c4ccc(N(C)C)c(C)c4)cc3)CCCCC2)c1. The summed E-state index contributed by atoms with van der Waals surface area (Å²) >= 11 is 0. The number of nitrogens with one attached hydrogen (secondary N) is 1. The molecule has 0 unspecified atom stereocenters. The number of carbonyl (C=O) groups excluding carboxylic acids is 2. The maximum absolute atomic E-state index is 13.7. The van der Waals surface area contributed by atoms with E-state index >= 15 is 0 Å². The summed E-state index contributed by atoms with van der Waals surface area (Å²) in [6, 6.07) is 22.8. The lowest BCUT2D eigenvalue weighted by molar-refractivity contribution is -0.134. The first-order valence-electron chi connectivity index (χ1n) is 13.3. The largest absolute Gasteiger partial charge is 0.466 e. The van der Waals surface area contributed by atoms with Gasteiger partial charge >= 0.3 is 5.97 Å². The van der Waals surface area contributed by atoms with Crippen molar-refractivity contribution in [1.82, 2.24) is 0 Å². The molecule has 0 atom stereocenters. The average Bonchev–Trinajstić information content (AvgIpc) is 2.92. The number of carbonyl (C=O) groups is 2. The zero-order valence-corrected chi connectivity index (χ0v) is 22.9. The second-order valence-electron chi connectivity index (χ2n) is 10.5. The number of rotatable bonds is 8. The van der Waals surface area contributed by atoms with E-state index in [1.54, 1.807) is 6.08 Å². The molecule has 38 heavy (non-hydrogen) atoms. The molecule has 5 heteroatoms. The van der Waals surface area contributed by atoms with Gasteiger partial charge in [0, 0.05) is 31.5 Å². The highest BCUT2D eigenvalue weighted by atomic mass is 16.5. The molecule has 0 bridgehead atoms. The minimum absolute atomic E-state index is 0.0743. The van der Waals surface area contributed by atoms with Gasteiger partial charge in [-0.3, -0.25) is 4.79 Å². The summed E-state index contributed by atoms with van der Waals surface area (Å²) in [5.41, 5.74) is 7.17. The van der Waals surface area contributed by atoms with E-state index < -0.39 is 11.4 Å². The van der Waals surface area contributed by atoms with Gasteiger partial charge in [0.05, 0.1) is 12.5 Å². The molecule has 198 valence electrons. The minimum Gasteiger partial charge on any atom is -0.466 e. The Bertz CT molecular complexity index is 1300. The van der Waals surface area contributed by atoms with Crippen molar-refractivity contribution in [3.8, 4) is 11.1 Å². The number of nitrogens with zero attached hydrogens (tertiary/aromatic N) is 1. The molecule has 0 heterocycles. The summed E-state index contributed by atoms with van der Waals surface area (Å²) < 4.78 is 4.67. The summed E-state index contributed by atoms with van der Waals surface area (Å²) in [6.45, 7) is 2.14. The van der Waals surface area contributed by atoms with Crippen LogP contribution in [0.15, 0.2) is 72.8 Å². The first-order chi connectivity index (χ1) is 18.3. The Morgan fingerprint density at radius 2 is 1.66 bits per heavy atom. The quantitative estimate of drug-likeness (QED) is 0.261. The number of amides is 1. The van der Waals surface area contributed by atoms with E-state index in [1.165, 1.54) is 47.5 Å². The fourth-order valence-corrected chi connectivity index (χ4v) is 5.47. The van der Waals surface area contributed by atoms with Gasteiger partial charge in [0.1, 0.15) is 0 Å². The average molecular weight is 511 g/mol. The fourth-order valence-electron chi connectivity index (χ4n) is 5.47. The maximum atomic E-state index is 13.7. The van der Waals surface area contributed by atoms with Gasteiger partial charge in [-0.1, -0.05) is 61.7 Å². The van der Waals surface area contributed by atoms with Crippen LogP contribution in [0.4, 0.5) is 11.4 Å². The molecule has 0 aliphatic heterocycles. The lowest BCUT2D eigenvalue weighted by Crippen LogP contribution is -2.40. The van der Waals surface area contributed by atoms with Crippen LogP contribution in [-0.4, -0.2) is 33.1 Å². The van der Waals surface area contributed by atoms with E-state index in [-0.39, 0.29) is 5.91 Å². The van der Waals surface area contributed by atoms with Gasteiger partial charge in [-0.2, -0.15) is 0 Å². The van der Waals surface area contributed by atoms with Gasteiger partial charge in [0.2, 0.25) is 5.91 Å². The van der Waals surface area contributed by atoms with Crippen molar-refractivity contribution in [2.24, 2.45) is 5.41 Å². The lowest BCUT2D eigenvalue weighted by atomic mass is 9.69. The summed E-state index contributed by atoms with van der Waals surface area (Å²) in [5.74, 6) is -0.336. The zero-order valence-electron chi connectivity index (χ0n) is 22.9. The van der Waals surface area contributed by atoms with Crippen molar-refractivity contribution >= 4 is 29.3 Å². The Hall–Kier alpha value is -3.86. The van der Waals surface area contributed by atoms with Crippen molar-refractivity contribution in [1.29, 1.82) is 0 Å². The molecule has 0 aromatic heterocycles. The first kappa shape index (κ1) is 27.2. The predicted molar refractivity (Wildman–Crippen MR) is 156 cm³/mol. The molecule has 1 fully saturated rings. The van der Waals surface area contributed by atoms with Crippen LogP contribution in [0.1, 0.15) is 48.8 Å². The van der Waals surface area contributed by atoms with Gasteiger partial charge in [-0.15, -0.1) is 0 Å². The topological polar surface area (TPSA) is 58.6 Å². The van der Waals surface area contributed by atoms with Crippen molar-refractivity contribution in [2.45, 2.75) is 45.4 Å². The third kappa shape index (κ3) is 6.52. The van der Waals surface area contributed by atoms with E-state index in [2.05, 4.69) is 78.4 Å². The Morgan fingerprint density at radius 3 is 2.32 bits per heavy atom. The molecule has 0 spiro atoms. The molecule has 1 aliphatic rings. The Balaban J connectivity index is 1.51. The summed E-state index contributed by atoms with van der Waals surface area (Å²) in [4.78, 5) is 27.3. The molecule has 3 aromatic carbocycles. The van der Waals surface area contributed by atoms with Crippen molar-refractivity contribution in [2.75, 3.05) is 31.4 Å². The Kier molecular flexibility index (Phi) is 8.67. The highest BCUT2D eigenvalue weighted by molar-refractivity contribution is 5.96. The highest BCUT2D eigenvalue weighted by Crippen LogP contribution is 2.41. The maximum Gasteiger partial charge on any atom is 0.330 e. The van der Waals surface area contributed by atoms with E-state index in [9.17, 15) is 9.59 Å². The van der Waals surface area contributed by atoms with Crippen LogP contribution in [-0.2, 0) is 20.7 Å². The number of methoxy groups -OCH3 is 1. The van der Waals surface area contributed by atoms with Crippen LogP contribution >= 0.6 is 0 Å². The predicted octanol–water partition coefficient (Wildman–Crippen LogP) is 7.05. The summed E-state index contributed by atoms with van der Waals surface area (Å²) in [7, 11) is 5.48. The molecule has 1 saturated carbocycles. The highest BCUT2D eigenvalue weighted by Gasteiger charge is 2.39. The number of anilines is 2. The number of benzene rings is 3. The molecule has 1 aliphatic carbocycles. The molecular formula is C33H38N2O3. The van der Waals surface area contributed by atoms with Crippen LogP contribution in [0, 0.1) is 12.3 Å². The molecule has 5 nitrogen and oxygen atoms in total. The van der Waals surface area contributed by atoms with Crippen molar-refractivity contribution in [3.05, 3.63) is 89.5 Å². The molecule has 1 amide bonds. The van der Waals surface area contributed by atoms with Gasteiger partial charge in [0.15, 0.2) is 0 Å². The number of hydrogen-bond acceptors (Lipinski definition) is 4. The normalized spacial score (nSPS) is 14.7. The van der Waals surface area contributed by atoms with E-state index in [4.69, 9.17) is 0 Å². The second kappa shape index (κ2) is 12.1. The monoisotopic (exact) mass is 510 g/mol. The number of esters is 1. The molecule has 3 aromatic rings. The summed E-state index contributed by atoms with van der Waals surface area (Å²) in [6.07, 6.45) is 8.85. The van der Waals surface area contributed by atoms with Gasteiger partial charge in [0.25, 0.3) is 0 Å². The second-order valence-corrected chi connectivity index (χ2v) is 10.5. The lowest BCUT2D eigenvalue weighted by Gasteiger charge is -2.36. The summed E-state index contributed by atoms with van der Waals surface area (Å²) in [5, 5.41) is 3.18. The van der Waals surface area contributed by atoms with Gasteiger partial charge in [-0.25, -0.2) is 4.79 Å². The fraction of sp³-hybridized carbons (Fsp3) is 0.333. The van der Waals surface area contributed by atoms with Crippen molar-refractivity contribution in [3.63, 3.8) is 0 Å². The molecule has 0 saturated heterocycles.